The van der Waals surface area contributed by atoms with Gasteiger partial charge in [0.05, 0.1) is 11.4 Å². The Kier molecular flexibility index (Phi) is 9.50. The SMILES string of the molecule is C/C(=N\OC(=O)CCC1(C)CC(NC(=O)O/N=C(\C)C(C)C)CC(C)(C)C1)C(C)C. The Morgan fingerprint density at radius 2 is 1.50 bits per heavy atom. The first-order chi connectivity index (χ1) is 13.7. The van der Waals surface area contributed by atoms with Crippen LogP contribution in [0.3, 0.4) is 0 Å². The Labute approximate surface area is 182 Å². The Balaban J connectivity index is 2.67. The number of carbonyl (C=O) groups excluding carboxylic acids is 2. The lowest BCUT2D eigenvalue weighted by Crippen LogP contribution is -2.47. The molecule has 0 saturated heterocycles. The molecule has 30 heavy (non-hydrogen) atoms. The minimum Gasteiger partial charge on any atom is -0.318 e. The van der Waals surface area contributed by atoms with E-state index in [1.54, 1.807) is 0 Å². The molecule has 0 spiro atoms. The molecule has 2 unspecified atom stereocenters. The smallest absolute Gasteiger partial charge is 0.318 e. The van der Waals surface area contributed by atoms with Gasteiger partial charge in [-0.25, -0.2) is 9.59 Å². The molecule has 1 fully saturated rings. The van der Waals surface area contributed by atoms with Crippen molar-refractivity contribution in [3.8, 4) is 0 Å². The summed E-state index contributed by atoms with van der Waals surface area (Å²) < 4.78 is 0. The van der Waals surface area contributed by atoms with Gasteiger partial charge in [-0.05, 0) is 62.2 Å². The zero-order valence-electron chi connectivity index (χ0n) is 20.3. The van der Waals surface area contributed by atoms with Crippen LogP contribution in [0.1, 0.15) is 94.4 Å². The number of oxime groups is 2. The molecular formula is C23H41N3O4. The third-order valence-corrected chi connectivity index (χ3v) is 5.93. The molecule has 1 rings (SSSR count). The lowest BCUT2D eigenvalue weighted by Gasteiger charge is -2.46. The molecule has 0 aromatic heterocycles. The van der Waals surface area contributed by atoms with E-state index in [9.17, 15) is 9.59 Å². The first-order valence-electron chi connectivity index (χ1n) is 11.0. The Morgan fingerprint density at radius 1 is 0.967 bits per heavy atom. The van der Waals surface area contributed by atoms with Crippen molar-refractivity contribution in [1.82, 2.24) is 5.32 Å². The molecular weight excluding hydrogens is 382 g/mol. The highest BCUT2D eigenvalue weighted by Gasteiger charge is 2.42. The summed E-state index contributed by atoms with van der Waals surface area (Å²) in [5.41, 5.74) is 1.52. The molecule has 0 aliphatic heterocycles. The maximum absolute atomic E-state index is 12.2. The molecule has 0 bridgehead atoms. The van der Waals surface area contributed by atoms with Crippen LogP contribution in [0.5, 0.6) is 0 Å². The second-order valence-corrected chi connectivity index (χ2v) is 10.5. The zero-order valence-corrected chi connectivity index (χ0v) is 20.3. The van der Waals surface area contributed by atoms with Crippen LogP contribution in [0.2, 0.25) is 0 Å². The molecule has 0 aromatic carbocycles. The monoisotopic (exact) mass is 423 g/mol. The van der Waals surface area contributed by atoms with Gasteiger partial charge in [-0.1, -0.05) is 58.8 Å². The number of hydrogen-bond acceptors (Lipinski definition) is 6. The minimum absolute atomic E-state index is 0.0296. The minimum atomic E-state index is -0.530. The number of hydrogen-bond donors (Lipinski definition) is 1. The van der Waals surface area contributed by atoms with Gasteiger partial charge in [0, 0.05) is 12.5 Å². The quantitative estimate of drug-likeness (QED) is 0.309. The van der Waals surface area contributed by atoms with Crippen molar-refractivity contribution >= 4 is 23.5 Å². The highest BCUT2D eigenvalue weighted by Crippen LogP contribution is 2.48. The number of carbonyl (C=O) groups is 2. The third kappa shape index (κ3) is 9.26. The van der Waals surface area contributed by atoms with Gasteiger partial charge >= 0.3 is 12.1 Å². The van der Waals surface area contributed by atoms with Crippen LogP contribution in [0.15, 0.2) is 10.3 Å². The van der Waals surface area contributed by atoms with Crippen LogP contribution in [0, 0.1) is 22.7 Å². The maximum Gasteiger partial charge on any atom is 0.433 e. The molecule has 7 nitrogen and oxygen atoms in total. The van der Waals surface area contributed by atoms with Gasteiger partial charge in [0.25, 0.3) is 0 Å². The van der Waals surface area contributed by atoms with Crippen LogP contribution in [0.25, 0.3) is 0 Å². The van der Waals surface area contributed by atoms with Crippen molar-refractivity contribution in [2.24, 2.45) is 33.0 Å². The summed E-state index contributed by atoms with van der Waals surface area (Å²) in [7, 11) is 0. The van der Waals surface area contributed by atoms with E-state index in [1.807, 2.05) is 41.5 Å². The molecule has 1 saturated carbocycles. The largest absolute Gasteiger partial charge is 0.433 e. The van der Waals surface area contributed by atoms with Crippen LogP contribution in [0.4, 0.5) is 4.79 Å². The van der Waals surface area contributed by atoms with E-state index < -0.39 is 6.09 Å². The summed E-state index contributed by atoms with van der Waals surface area (Å²) >= 11 is 0. The predicted octanol–water partition coefficient (Wildman–Crippen LogP) is 5.68. The van der Waals surface area contributed by atoms with E-state index in [0.29, 0.717) is 12.8 Å². The fraction of sp³-hybridized carbons (Fsp3) is 0.826. The molecule has 1 aliphatic carbocycles. The topological polar surface area (TPSA) is 89.3 Å². The molecule has 1 aliphatic rings. The van der Waals surface area contributed by atoms with E-state index in [-0.39, 0.29) is 34.7 Å². The Morgan fingerprint density at radius 3 is 2.03 bits per heavy atom. The van der Waals surface area contributed by atoms with Gasteiger partial charge in [0.15, 0.2) is 0 Å². The maximum atomic E-state index is 12.2. The molecule has 1 N–H and O–H groups in total. The van der Waals surface area contributed by atoms with Crippen molar-refractivity contribution in [1.29, 1.82) is 0 Å². The first kappa shape index (κ1) is 26.1. The second-order valence-electron chi connectivity index (χ2n) is 10.5. The van der Waals surface area contributed by atoms with Gasteiger partial charge < -0.3 is 10.2 Å². The van der Waals surface area contributed by atoms with E-state index in [4.69, 9.17) is 9.68 Å². The number of rotatable bonds is 8. The second kappa shape index (κ2) is 10.9. The van der Waals surface area contributed by atoms with Crippen molar-refractivity contribution in [2.75, 3.05) is 0 Å². The van der Waals surface area contributed by atoms with Gasteiger partial charge in [-0.3, -0.25) is 4.84 Å². The lowest BCUT2D eigenvalue weighted by molar-refractivity contribution is -0.144. The fourth-order valence-electron chi connectivity index (χ4n) is 4.02. The summed E-state index contributed by atoms with van der Waals surface area (Å²) in [5.74, 6) is 0.153. The molecule has 2 atom stereocenters. The van der Waals surface area contributed by atoms with Gasteiger partial charge in [0.1, 0.15) is 0 Å². The average molecular weight is 424 g/mol. The Bertz CT molecular complexity index is 667. The summed E-state index contributed by atoms with van der Waals surface area (Å²) in [4.78, 5) is 34.4. The van der Waals surface area contributed by atoms with Crippen molar-refractivity contribution in [3.63, 3.8) is 0 Å². The first-order valence-corrected chi connectivity index (χ1v) is 11.0. The molecule has 7 heteroatoms. The van der Waals surface area contributed by atoms with E-state index >= 15 is 0 Å². The lowest BCUT2D eigenvalue weighted by atomic mass is 9.61. The summed E-state index contributed by atoms with van der Waals surface area (Å²) in [6.07, 6.45) is 3.06. The van der Waals surface area contributed by atoms with E-state index in [1.165, 1.54) is 0 Å². The summed E-state index contributed by atoms with van der Waals surface area (Å²) in [5, 5.41) is 10.8. The van der Waals surface area contributed by atoms with Crippen LogP contribution >= 0.6 is 0 Å². The molecule has 0 aromatic rings. The summed E-state index contributed by atoms with van der Waals surface area (Å²) in [6.45, 7) is 18.3. The zero-order chi connectivity index (χ0) is 23.1. The molecule has 0 radical (unpaired) electrons. The summed E-state index contributed by atoms with van der Waals surface area (Å²) in [6, 6.07) is -0.0296. The van der Waals surface area contributed by atoms with Crippen LogP contribution < -0.4 is 5.32 Å². The highest BCUT2D eigenvalue weighted by molar-refractivity contribution is 5.84. The van der Waals surface area contributed by atoms with E-state index in [2.05, 4.69) is 36.4 Å². The molecule has 1 amide bonds. The van der Waals surface area contributed by atoms with Crippen LogP contribution in [-0.4, -0.2) is 29.5 Å². The third-order valence-electron chi connectivity index (χ3n) is 5.93. The molecule has 0 heterocycles. The predicted molar refractivity (Wildman–Crippen MR) is 120 cm³/mol. The Hall–Kier alpha value is -1.92. The van der Waals surface area contributed by atoms with Gasteiger partial charge in [-0.2, -0.15) is 0 Å². The average Bonchev–Trinajstić information content (AvgIpc) is 2.60. The number of nitrogens with zero attached hydrogens (tertiary/aromatic N) is 2. The number of amides is 1. The van der Waals surface area contributed by atoms with E-state index in [0.717, 1.165) is 30.7 Å². The molecule has 172 valence electrons. The fourth-order valence-corrected chi connectivity index (χ4v) is 4.02. The standard InChI is InChI=1S/C23H41N3O4/c1-15(2)17(5)25-29-20(27)10-11-23(9)13-19(12-22(7,8)14-23)24-21(28)30-26-18(6)16(3)4/h15-16,19H,10-14H2,1-9H3,(H,24,28)/b25-17+,26-18+. The number of nitrogens with one attached hydrogen (secondary N) is 1. The van der Waals surface area contributed by atoms with Crippen LogP contribution in [-0.2, 0) is 14.5 Å². The van der Waals surface area contributed by atoms with Gasteiger partial charge in [-0.15, -0.1) is 0 Å². The van der Waals surface area contributed by atoms with Crippen molar-refractivity contribution in [3.05, 3.63) is 0 Å². The highest BCUT2D eigenvalue weighted by atomic mass is 16.7. The van der Waals surface area contributed by atoms with Crippen molar-refractivity contribution < 1.29 is 19.3 Å². The van der Waals surface area contributed by atoms with Crippen molar-refractivity contribution in [2.45, 2.75) is 100 Å². The van der Waals surface area contributed by atoms with Gasteiger partial charge in [0.2, 0.25) is 0 Å². The normalized spacial score (nSPS) is 24.7.